The van der Waals surface area contributed by atoms with Crippen molar-refractivity contribution >= 4 is 5.97 Å². The van der Waals surface area contributed by atoms with Crippen LogP contribution in [0.4, 0.5) is 13.2 Å². The third-order valence-corrected chi connectivity index (χ3v) is 1.96. The zero-order valence-corrected chi connectivity index (χ0v) is 8.67. The molecule has 0 aromatic rings. The maximum atomic E-state index is 12.4. The van der Waals surface area contributed by atoms with Crippen molar-refractivity contribution in [1.82, 2.24) is 5.32 Å². The highest BCUT2D eigenvalue weighted by Crippen LogP contribution is 2.30. The lowest BCUT2D eigenvalue weighted by atomic mass is 10.0. The predicted octanol–water partition coefficient (Wildman–Crippen LogP) is -0.00950. The van der Waals surface area contributed by atoms with E-state index >= 15 is 0 Å². The number of aliphatic carboxylic acids is 1. The number of carboxylic acid groups (broad SMARTS) is 1. The Kier molecular flexibility index (Phi) is 5.70. The Balaban J connectivity index is 4.21. The normalized spacial score (nSPS) is 15.8. The van der Waals surface area contributed by atoms with E-state index < -0.39 is 17.7 Å². The molecule has 0 saturated heterocycles. The summed E-state index contributed by atoms with van der Waals surface area (Å²) in [5.41, 5.74) is -2.99. The van der Waals surface area contributed by atoms with Crippen molar-refractivity contribution in [1.29, 1.82) is 0 Å². The maximum absolute atomic E-state index is 12.4. The molecule has 1 atom stereocenters. The van der Waals surface area contributed by atoms with Crippen LogP contribution in [0.1, 0.15) is 6.92 Å². The molecule has 0 spiro atoms. The van der Waals surface area contributed by atoms with Gasteiger partial charge in [-0.25, -0.2) is 4.79 Å². The van der Waals surface area contributed by atoms with Crippen LogP contribution in [0.15, 0.2) is 0 Å². The second-order valence-corrected chi connectivity index (χ2v) is 3.19. The Labute approximate surface area is 90.2 Å². The van der Waals surface area contributed by atoms with Gasteiger partial charge < -0.3 is 14.9 Å². The van der Waals surface area contributed by atoms with E-state index in [4.69, 9.17) is 14.9 Å². The molecule has 0 heterocycles. The van der Waals surface area contributed by atoms with Gasteiger partial charge in [0.2, 0.25) is 5.54 Å². The standard InChI is InChI=1S/C8H14F3NO4/c1-7(6(14)15,8(9,10)11)12-2-4-16-5-3-13/h12-13H,2-5H2,1H3,(H,14,15). The average molecular weight is 245 g/mol. The van der Waals surface area contributed by atoms with E-state index in [-0.39, 0.29) is 26.4 Å². The summed E-state index contributed by atoms with van der Waals surface area (Å²) in [6, 6.07) is 0. The number of hydrogen-bond donors (Lipinski definition) is 3. The third kappa shape index (κ3) is 3.95. The Morgan fingerprint density at radius 1 is 1.38 bits per heavy atom. The van der Waals surface area contributed by atoms with Gasteiger partial charge in [-0.2, -0.15) is 13.2 Å². The zero-order valence-electron chi connectivity index (χ0n) is 8.67. The number of carboxylic acids is 1. The fourth-order valence-corrected chi connectivity index (χ4v) is 0.837. The molecule has 0 radical (unpaired) electrons. The second-order valence-electron chi connectivity index (χ2n) is 3.19. The summed E-state index contributed by atoms with van der Waals surface area (Å²) in [5, 5.41) is 18.7. The van der Waals surface area contributed by atoms with E-state index in [0.29, 0.717) is 6.92 Å². The van der Waals surface area contributed by atoms with E-state index in [1.807, 2.05) is 5.32 Å². The summed E-state index contributed by atoms with van der Waals surface area (Å²) in [5.74, 6) is -2.00. The van der Waals surface area contributed by atoms with Gasteiger partial charge in [0.1, 0.15) is 0 Å². The van der Waals surface area contributed by atoms with Gasteiger partial charge in [0.15, 0.2) is 0 Å². The maximum Gasteiger partial charge on any atom is 0.417 e. The molecule has 0 aliphatic rings. The van der Waals surface area contributed by atoms with Crippen molar-refractivity contribution in [2.45, 2.75) is 18.6 Å². The lowest BCUT2D eigenvalue weighted by molar-refractivity contribution is -0.206. The first-order valence-corrected chi connectivity index (χ1v) is 4.49. The van der Waals surface area contributed by atoms with E-state index in [2.05, 4.69) is 0 Å². The van der Waals surface area contributed by atoms with Gasteiger partial charge in [0.25, 0.3) is 0 Å². The van der Waals surface area contributed by atoms with Gasteiger partial charge in [0.05, 0.1) is 19.8 Å². The molecular weight excluding hydrogens is 231 g/mol. The Bertz CT molecular complexity index is 234. The minimum Gasteiger partial charge on any atom is -0.480 e. The predicted molar refractivity (Wildman–Crippen MR) is 48.0 cm³/mol. The molecule has 96 valence electrons. The lowest BCUT2D eigenvalue weighted by Crippen LogP contribution is -2.60. The van der Waals surface area contributed by atoms with Crippen LogP contribution in [0.3, 0.4) is 0 Å². The quantitative estimate of drug-likeness (QED) is 0.550. The molecule has 8 heteroatoms. The van der Waals surface area contributed by atoms with Crippen molar-refractivity contribution in [3.05, 3.63) is 0 Å². The van der Waals surface area contributed by atoms with E-state index in [9.17, 15) is 18.0 Å². The van der Waals surface area contributed by atoms with Crippen molar-refractivity contribution in [2.75, 3.05) is 26.4 Å². The molecule has 0 rings (SSSR count). The van der Waals surface area contributed by atoms with Gasteiger partial charge >= 0.3 is 12.1 Å². The molecule has 16 heavy (non-hydrogen) atoms. The van der Waals surface area contributed by atoms with E-state index in [1.165, 1.54) is 0 Å². The molecule has 0 amide bonds. The number of aliphatic hydroxyl groups is 1. The Morgan fingerprint density at radius 2 is 1.94 bits per heavy atom. The number of carbonyl (C=O) groups is 1. The molecule has 5 nitrogen and oxygen atoms in total. The first-order chi connectivity index (χ1) is 7.25. The van der Waals surface area contributed by atoms with Crippen LogP contribution >= 0.6 is 0 Å². The van der Waals surface area contributed by atoms with Gasteiger partial charge in [0, 0.05) is 6.54 Å². The fraction of sp³-hybridized carbons (Fsp3) is 0.875. The molecule has 1 unspecified atom stereocenters. The van der Waals surface area contributed by atoms with Crippen molar-refractivity contribution in [2.24, 2.45) is 0 Å². The SMILES string of the molecule is CC(NCCOCCO)(C(=O)O)C(F)(F)F. The molecule has 0 aliphatic heterocycles. The van der Waals surface area contributed by atoms with Crippen LogP contribution in [0.5, 0.6) is 0 Å². The molecular formula is C8H14F3NO4. The molecule has 3 N–H and O–H groups in total. The largest absolute Gasteiger partial charge is 0.480 e. The van der Waals surface area contributed by atoms with Crippen LogP contribution in [0.25, 0.3) is 0 Å². The molecule has 0 aromatic carbocycles. The Morgan fingerprint density at radius 3 is 2.31 bits per heavy atom. The molecule has 0 aliphatic carbocycles. The van der Waals surface area contributed by atoms with Gasteiger partial charge in [-0.15, -0.1) is 0 Å². The zero-order chi connectivity index (χ0) is 12.8. The van der Waals surface area contributed by atoms with Crippen LogP contribution in [-0.2, 0) is 9.53 Å². The summed E-state index contributed by atoms with van der Waals surface area (Å²) < 4.78 is 41.9. The fourth-order valence-electron chi connectivity index (χ4n) is 0.837. The lowest BCUT2D eigenvalue weighted by Gasteiger charge is -2.28. The first-order valence-electron chi connectivity index (χ1n) is 4.49. The highest BCUT2D eigenvalue weighted by Gasteiger charge is 2.56. The Hall–Kier alpha value is -0.860. The van der Waals surface area contributed by atoms with E-state index in [1.54, 1.807) is 0 Å². The van der Waals surface area contributed by atoms with E-state index in [0.717, 1.165) is 0 Å². The molecule has 0 bridgehead atoms. The molecule has 0 saturated carbocycles. The topological polar surface area (TPSA) is 78.8 Å². The number of ether oxygens (including phenoxy) is 1. The van der Waals surface area contributed by atoms with Crippen LogP contribution in [-0.4, -0.2) is 54.3 Å². The summed E-state index contributed by atoms with van der Waals surface area (Å²) in [6.07, 6.45) is -4.89. The number of aliphatic hydroxyl groups excluding tert-OH is 1. The minimum absolute atomic E-state index is 0.00250. The highest BCUT2D eigenvalue weighted by molar-refractivity contribution is 5.79. The number of alkyl halides is 3. The van der Waals surface area contributed by atoms with Crippen molar-refractivity contribution < 1.29 is 32.9 Å². The van der Waals surface area contributed by atoms with Crippen LogP contribution < -0.4 is 5.32 Å². The number of rotatable bonds is 7. The third-order valence-electron chi connectivity index (χ3n) is 1.96. The number of hydrogen-bond acceptors (Lipinski definition) is 4. The first kappa shape index (κ1) is 15.1. The van der Waals surface area contributed by atoms with Crippen LogP contribution in [0, 0.1) is 0 Å². The highest BCUT2D eigenvalue weighted by atomic mass is 19.4. The molecule has 0 aromatic heterocycles. The summed E-state index contributed by atoms with van der Waals surface area (Å²) >= 11 is 0. The smallest absolute Gasteiger partial charge is 0.417 e. The monoisotopic (exact) mass is 245 g/mol. The minimum atomic E-state index is -4.89. The van der Waals surface area contributed by atoms with Crippen molar-refractivity contribution in [3.8, 4) is 0 Å². The van der Waals surface area contributed by atoms with Gasteiger partial charge in [-0.05, 0) is 6.92 Å². The van der Waals surface area contributed by atoms with Crippen LogP contribution in [0.2, 0.25) is 0 Å². The average Bonchev–Trinajstić information content (AvgIpc) is 2.15. The summed E-state index contributed by atoms with van der Waals surface area (Å²) in [6.45, 7) is -0.0872. The van der Waals surface area contributed by atoms with Crippen molar-refractivity contribution in [3.63, 3.8) is 0 Å². The summed E-state index contributed by atoms with van der Waals surface area (Å²) in [7, 11) is 0. The number of nitrogens with one attached hydrogen (secondary N) is 1. The van der Waals surface area contributed by atoms with Gasteiger partial charge in [-0.3, -0.25) is 5.32 Å². The molecule has 0 fully saturated rings. The number of halogens is 3. The summed E-state index contributed by atoms with van der Waals surface area (Å²) in [4.78, 5) is 10.5. The second kappa shape index (κ2) is 6.02. The van der Waals surface area contributed by atoms with Gasteiger partial charge in [-0.1, -0.05) is 0 Å².